The summed E-state index contributed by atoms with van der Waals surface area (Å²) in [6.07, 6.45) is 7.95. The van der Waals surface area contributed by atoms with Crippen LogP contribution in [0.15, 0.2) is 89.6 Å². The van der Waals surface area contributed by atoms with Gasteiger partial charge in [-0.15, -0.1) is 6.58 Å². The zero-order valence-electron chi connectivity index (χ0n) is 17.2. The molecule has 0 radical (unpaired) electrons. The quantitative estimate of drug-likeness (QED) is 0.401. The predicted octanol–water partition coefficient (Wildman–Crippen LogP) is 5.62. The Bertz CT molecular complexity index is 974. The molecule has 0 spiro atoms. The molecule has 0 aromatic heterocycles. The molecule has 0 saturated carbocycles. The van der Waals surface area contributed by atoms with E-state index in [-0.39, 0.29) is 11.2 Å². The Labute approximate surface area is 183 Å². The number of nitrogens with zero attached hydrogens (tertiary/aromatic N) is 1. The van der Waals surface area contributed by atoms with Crippen molar-refractivity contribution in [3.63, 3.8) is 0 Å². The summed E-state index contributed by atoms with van der Waals surface area (Å²) in [7, 11) is 0. The normalized spacial score (nSPS) is 21.6. The number of hydrogen-bond donors (Lipinski definition) is 3. The third kappa shape index (κ3) is 5.10. The van der Waals surface area contributed by atoms with Crippen LogP contribution in [0.25, 0.3) is 0 Å². The van der Waals surface area contributed by atoms with E-state index in [1.807, 2.05) is 42.5 Å². The molecule has 5 heteroatoms. The van der Waals surface area contributed by atoms with Crippen molar-refractivity contribution in [2.75, 3.05) is 6.54 Å². The predicted molar refractivity (Wildman–Crippen MR) is 128 cm³/mol. The second-order valence-corrected chi connectivity index (χ2v) is 8.01. The van der Waals surface area contributed by atoms with E-state index in [1.54, 1.807) is 6.20 Å². The minimum absolute atomic E-state index is 0.236. The second-order valence-electron chi connectivity index (χ2n) is 7.69. The number of thiol groups is 1. The van der Waals surface area contributed by atoms with Gasteiger partial charge in [0.15, 0.2) is 0 Å². The summed E-state index contributed by atoms with van der Waals surface area (Å²) in [5.74, 6) is -0.236. The summed E-state index contributed by atoms with van der Waals surface area (Å²) in [6.45, 7) is 6.92. The van der Waals surface area contributed by atoms with E-state index in [0.29, 0.717) is 19.4 Å². The van der Waals surface area contributed by atoms with E-state index in [1.165, 1.54) is 23.3 Å². The molecule has 2 aromatic rings. The first kappa shape index (κ1) is 22.1. The molecule has 2 aromatic carbocycles. The number of benzene rings is 2. The highest BCUT2D eigenvalue weighted by molar-refractivity contribution is 7.78. The molecule has 1 aliphatic carbocycles. The van der Waals surface area contributed by atoms with E-state index < -0.39 is 0 Å². The molecule has 1 aliphatic rings. The van der Waals surface area contributed by atoms with Gasteiger partial charge in [-0.1, -0.05) is 54.3 Å². The van der Waals surface area contributed by atoms with Crippen LogP contribution in [-0.2, 0) is 6.42 Å². The number of halogens is 1. The van der Waals surface area contributed by atoms with Crippen molar-refractivity contribution in [3.8, 4) is 0 Å². The molecule has 0 saturated heterocycles. The van der Waals surface area contributed by atoms with Gasteiger partial charge < -0.3 is 5.73 Å². The highest BCUT2D eigenvalue weighted by atomic mass is 32.1. The SMILES string of the molecule is C=CC1(Cc2ccc(F)cc2)CC(=CN)C(=Nc2ccc(C)cc2)C=C1CCNS. The van der Waals surface area contributed by atoms with Crippen LogP contribution in [0, 0.1) is 18.2 Å². The van der Waals surface area contributed by atoms with Crippen LogP contribution in [0.1, 0.15) is 24.0 Å². The van der Waals surface area contributed by atoms with Crippen molar-refractivity contribution in [2.45, 2.75) is 26.2 Å². The first-order valence-corrected chi connectivity index (χ1v) is 10.5. The lowest BCUT2D eigenvalue weighted by atomic mass is 9.66. The molecule has 3 N–H and O–H groups in total. The lowest BCUT2D eigenvalue weighted by Gasteiger charge is -2.38. The van der Waals surface area contributed by atoms with Gasteiger partial charge in [-0.3, -0.25) is 4.72 Å². The van der Waals surface area contributed by atoms with Crippen LogP contribution in [0.5, 0.6) is 0 Å². The Morgan fingerprint density at radius 2 is 1.90 bits per heavy atom. The lowest BCUT2D eigenvalue weighted by molar-refractivity contribution is 0.436. The van der Waals surface area contributed by atoms with Crippen molar-refractivity contribution in [3.05, 3.63) is 102 Å². The topological polar surface area (TPSA) is 50.4 Å². The number of rotatable bonds is 7. The van der Waals surface area contributed by atoms with Gasteiger partial charge in [0.05, 0.1) is 11.4 Å². The van der Waals surface area contributed by atoms with Crippen molar-refractivity contribution < 1.29 is 4.39 Å². The van der Waals surface area contributed by atoms with Crippen LogP contribution in [0.3, 0.4) is 0 Å². The fourth-order valence-corrected chi connectivity index (χ4v) is 3.99. The van der Waals surface area contributed by atoms with Crippen LogP contribution in [0.4, 0.5) is 10.1 Å². The maximum absolute atomic E-state index is 13.4. The van der Waals surface area contributed by atoms with E-state index in [9.17, 15) is 4.39 Å². The molecule has 156 valence electrons. The summed E-state index contributed by atoms with van der Waals surface area (Å²) in [4.78, 5) is 4.86. The van der Waals surface area contributed by atoms with Gasteiger partial charge in [0.25, 0.3) is 0 Å². The van der Waals surface area contributed by atoms with E-state index >= 15 is 0 Å². The molecule has 3 rings (SSSR count). The summed E-state index contributed by atoms with van der Waals surface area (Å²) < 4.78 is 16.3. The van der Waals surface area contributed by atoms with E-state index in [2.05, 4.69) is 37.1 Å². The fourth-order valence-electron chi connectivity index (χ4n) is 3.88. The zero-order chi connectivity index (χ0) is 21.6. The van der Waals surface area contributed by atoms with Gasteiger partial charge >= 0.3 is 0 Å². The highest BCUT2D eigenvalue weighted by Gasteiger charge is 2.36. The first-order valence-electron chi connectivity index (χ1n) is 10.0. The Kier molecular flexibility index (Phi) is 7.29. The average molecular weight is 422 g/mol. The minimum Gasteiger partial charge on any atom is -0.404 e. The van der Waals surface area contributed by atoms with Crippen LogP contribution in [-0.4, -0.2) is 12.3 Å². The monoisotopic (exact) mass is 421 g/mol. The van der Waals surface area contributed by atoms with Crippen molar-refractivity contribution in [2.24, 2.45) is 16.1 Å². The third-order valence-corrected chi connectivity index (χ3v) is 5.82. The molecule has 0 amide bonds. The second kappa shape index (κ2) is 9.92. The number of nitrogens with one attached hydrogen (secondary N) is 1. The summed E-state index contributed by atoms with van der Waals surface area (Å²) in [5, 5.41) is 0. The van der Waals surface area contributed by atoms with Crippen molar-refractivity contribution in [1.29, 1.82) is 0 Å². The lowest BCUT2D eigenvalue weighted by Crippen LogP contribution is -2.32. The van der Waals surface area contributed by atoms with Gasteiger partial charge in [-0.25, -0.2) is 9.38 Å². The number of hydrogen-bond acceptors (Lipinski definition) is 4. The average Bonchev–Trinajstić information content (AvgIpc) is 2.76. The Hall–Kier alpha value is -2.63. The molecule has 0 aliphatic heterocycles. The van der Waals surface area contributed by atoms with Gasteiger partial charge in [0, 0.05) is 12.0 Å². The van der Waals surface area contributed by atoms with E-state index in [4.69, 9.17) is 10.7 Å². The molecule has 1 atom stereocenters. The molecular formula is C25H28FN3S. The fraction of sp³-hybridized carbons (Fsp3) is 0.240. The van der Waals surface area contributed by atoms with Gasteiger partial charge in [0.1, 0.15) is 5.82 Å². The number of aliphatic imine (C=N–C) groups is 1. The number of nitrogens with two attached hydrogens (primary N) is 1. The third-order valence-electron chi connectivity index (χ3n) is 5.60. The Morgan fingerprint density at radius 1 is 1.20 bits per heavy atom. The molecule has 30 heavy (non-hydrogen) atoms. The van der Waals surface area contributed by atoms with Crippen LogP contribution >= 0.6 is 12.8 Å². The van der Waals surface area contributed by atoms with Crippen molar-refractivity contribution >= 4 is 24.2 Å². The van der Waals surface area contributed by atoms with E-state index in [0.717, 1.165) is 29.0 Å². The zero-order valence-corrected chi connectivity index (χ0v) is 18.1. The smallest absolute Gasteiger partial charge is 0.123 e. The standard InChI is InChI=1S/C25H28FN3S/c1-3-25(15-19-6-8-22(26)9-7-19)16-20(17-27)24(14-21(25)12-13-28-30)29-23-10-4-18(2)5-11-23/h3-11,14,17,28,30H,1,12-13,15-16,27H2,2H3. The Morgan fingerprint density at radius 3 is 2.50 bits per heavy atom. The number of aryl methyl sites for hydroxylation is 1. The summed E-state index contributed by atoms with van der Waals surface area (Å²) >= 11 is 4.16. The molecule has 0 bridgehead atoms. The molecule has 0 heterocycles. The van der Waals surface area contributed by atoms with Gasteiger partial charge in [-0.05, 0) is 73.9 Å². The van der Waals surface area contributed by atoms with Crippen molar-refractivity contribution in [1.82, 2.24) is 4.72 Å². The molecule has 0 fully saturated rings. The molecular weight excluding hydrogens is 393 g/mol. The summed E-state index contributed by atoms with van der Waals surface area (Å²) in [6, 6.07) is 14.8. The largest absolute Gasteiger partial charge is 0.404 e. The highest BCUT2D eigenvalue weighted by Crippen LogP contribution is 2.44. The maximum Gasteiger partial charge on any atom is 0.123 e. The first-order chi connectivity index (χ1) is 14.5. The van der Waals surface area contributed by atoms with Crippen LogP contribution in [0.2, 0.25) is 0 Å². The van der Waals surface area contributed by atoms with Gasteiger partial charge in [-0.2, -0.15) is 0 Å². The molecule has 3 nitrogen and oxygen atoms in total. The molecule has 1 unspecified atom stereocenters. The Balaban J connectivity index is 2.05. The van der Waals surface area contributed by atoms with Crippen LogP contribution < -0.4 is 10.5 Å². The summed E-state index contributed by atoms with van der Waals surface area (Å²) in [5.41, 5.74) is 11.9. The maximum atomic E-state index is 13.4. The minimum atomic E-state index is -0.319. The number of allylic oxidation sites excluding steroid dienone is 3. The van der Waals surface area contributed by atoms with Gasteiger partial charge in [0.2, 0.25) is 0 Å².